The van der Waals surface area contributed by atoms with Gasteiger partial charge in [0.25, 0.3) is 0 Å². The third-order valence-corrected chi connectivity index (χ3v) is 4.70. The average molecular weight is 283 g/mol. The Balaban J connectivity index is 1.97. The minimum Gasteiger partial charge on any atom is -0.507 e. The molecule has 2 aromatic rings. The van der Waals surface area contributed by atoms with Crippen LogP contribution in [-0.4, -0.2) is 36.7 Å². The van der Waals surface area contributed by atoms with Gasteiger partial charge in [0.05, 0.1) is 24.4 Å². The highest BCUT2D eigenvalue weighted by atomic mass is 16.5. The number of hydrogen-bond donors (Lipinski definition) is 1. The van der Waals surface area contributed by atoms with E-state index >= 15 is 0 Å². The van der Waals surface area contributed by atoms with Gasteiger partial charge in [-0.1, -0.05) is 18.2 Å². The molecule has 2 atom stereocenters. The summed E-state index contributed by atoms with van der Waals surface area (Å²) >= 11 is 0. The quantitative estimate of drug-likeness (QED) is 0.861. The highest BCUT2D eigenvalue weighted by Crippen LogP contribution is 2.40. The maximum atomic E-state index is 11.7. The second-order valence-corrected chi connectivity index (χ2v) is 5.94. The van der Waals surface area contributed by atoms with E-state index in [1.165, 1.54) is 0 Å². The zero-order valence-corrected chi connectivity index (χ0v) is 11.9. The van der Waals surface area contributed by atoms with E-state index in [1.807, 2.05) is 25.1 Å². The fourth-order valence-corrected chi connectivity index (χ4v) is 3.70. The highest BCUT2D eigenvalue weighted by Gasteiger charge is 2.40. The summed E-state index contributed by atoms with van der Waals surface area (Å²) in [5.41, 5.74) is 2.51. The molecule has 2 aliphatic rings. The summed E-state index contributed by atoms with van der Waals surface area (Å²) in [7, 11) is 0. The van der Waals surface area contributed by atoms with Crippen LogP contribution in [0, 0.1) is 6.92 Å². The number of hydrogen-bond acceptors (Lipinski definition) is 4. The van der Waals surface area contributed by atoms with Crippen LogP contribution in [0.2, 0.25) is 0 Å². The van der Waals surface area contributed by atoms with E-state index in [4.69, 9.17) is 4.74 Å². The lowest BCUT2D eigenvalue weighted by molar-refractivity contribution is 0.0988. The number of ether oxygens (including phenoxy) is 1. The maximum Gasteiger partial charge on any atom is 0.152 e. The summed E-state index contributed by atoms with van der Waals surface area (Å²) in [5, 5.41) is 11.9. The second kappa shape index (κ2) is 4.46. The lowest BCUT2D eigenvalue weighted by atomic mass is 9.97. The van der Waals surface area contributed by atoms with Crippen LogP contribution in [0.1, 0.15) is 22.3 Å². The molecule has 4 nitrogen and oxygen atoms in total. The summed E-state index contributed by atoms with van der Waals surface area (Å²) in [4.78, 5) is 13.9. The van der Waals surface area contributed by atoms with Crippen LogP contribution >= 0.6 is 0 Å². The predicted octanol–water partition coefficient (Wildman–Crippen LogP) is 2.64. The number of benzene rings is 2. The number of phenolic OH excluding ortho intramolecular Hbond substituents is 1. The van der Waals surface area contributed by atoms with Crippen molar-refractivity contribution in [3.8, 4) is 5.75 Å². The van der Waals surface area contributed by atoms with Crippen LogP contribution in [0.25, 0.3) is 10.8 Å². The summed E-state index contributed by atoms with van der Waals surface area (Å²) < 4.78 is 5.63. The number of rotatable bonds is 2. The summed E-state index contributed by atoms with van der Waals surface area (Å²) in [6.07, 6.45) is 2.17. The standard InChI is InChI=1S/C17H17NO3/c1-10-3-2-4-13-16(20)6-15(14(8-19)17(10)13)18-7-12-5-11(18)9-21-12/h2-4,6,8,11-12,20H,5,7,9H2,1H3. The first-order chi connectivity index (χ1) is 10.2. The molecule has 2 unspecified atom stereocenters. The van der Waals surface area contributed by atoms with Crippen LogP contribution in [0.5, 0.6) is 5.75 Å². The van der Waals surface area contributed by atoms with Crippen LogP contribution in [0.4, 0.5) is 5.69 Å². The van der Waals surface area contributed by atoms with Crippen molar-refractivity contribution in [2.75, 3.05) is 18.1 Å². The molecule has 108 valence electrons. The Morgan fingerprint density at radius 3 is 2.95 bits per heavy atom. The van der Waals surface area contributed by atoms with Gasteiger partial charge in [-0.2, -0.15) is 0 Å². The Kier molecular flexibility index (Phi) is 2.69. The third-order valence-electron chi connectivity index (χ3n) is 4.70. The third kappa shape index (κ3) is 1.75. The predicted molar refractivity (Wildman–Crippen MR) is 81.2 cm³/mol. The molecule has 0 spiro atoms. The molecule has 2 saturated heterocycles. The number of fused-ring (bicyclic) bond motifs is 3. The van der Waals surface area contributed by atoms with Gasteiger partial charge in [0, 0.05) is 28.9 Å². The van der Waals surface area contributed by atoms with Crippen molar-refractivity contribution >= 4 is 22.7 Å². The van der Waals surface area contributed by atoms with Gasteiger partial charge in [-0.05, 0) is 18.9 Å². The number of morpholine rings is 1. The normalized spacial score (nSPS) is 24.0. The maximum absolute atomic E-state index is 11.7. The van der Waals surface area contributed by atoms with E-state index in [2.05, 4.69) is 4.90 Å². The molecule has 2 fully saturated rings. The van der Waals surface area contributed by atoms with Gasteiger partial charge in [0.15, 0.2) is 6.29 Å². The van der Waals surface area contributed by atoms with E-state index in [0.717, 1.165) is 41.3 Å². The van der Waals surface area contributed by atoms with Crippen molar-refractivity contribution < 1.29 is 14.6 Å². The molecule has 2 heterocycles. The molecule has 4 rings (SSSR count). The summed E-state index contributed by atoms with van der Waals surface area (Å²) in [6.45, 7) is 3.47. The molecular formula is C17H17NO3. The molecular weight excluding hydrogens is 266 g/mol. The van der Waals surface area contributed by atoms with Crippen molar-refractivity contribution in [2.24, 2.45) is 0 Å². The number of aromatic hydroxyl groups is 1. The largest absolute Gasteiger partial charge is 0.507 e. The molecule has 21 heavy (non-hydrogen) atoms. The number of aldehydes is 1. The number of carbonyl (C=O) groups excluding carboxylic acids is 1. The van der Waals surface area contributed by atoms with Gasteiger partial charge >= 0.3 is 0 Å². The molecule has 2 bridgehead atoms. The topological polar surface area (TPSA) is 49.8 Å². The van der Waals surface area contributed by atoms with Crippen molar-refractivity contribution in [1.29, 1.82) is 0 Å². The molecule has 0 saturated carbocycles. The summed E-state index contributed by atoms with van der Waals surface area (Å²) in [6, 6.07) is 7.77. The number of phenols is 1. The second-order valence-electron chi connectivity index (χ2n) is 5.94. The van der Waals surface area contributed by atoms with Crippen LogP contribution < -0.4 is 4.90 Å². The average Bonchev–Trinajstić information content (AvgIpc) is 3.10. The van der Waals surface area contributed by atoms with Crippen LogP contribution in [-0.2, 0) is 4.74 Å². The smallest absolute Gasteiger partial charge is 0.152 e. The van der Waals surface area contributed by atoms with Gasteiger partial charge in [-0.25, -0.2) is 0 Å². The Morgan fingerprint density at radius 2 is 2.29 bits per heavy atom. The molecule has 2 aromatic carbocycles. The molecule has 0 amide bonds. The molecule has 0 aromatic heterocycles. The van der Waals surface area contributed by atoms with E-state index < -0.39 is 0 Å². The highest BCUT2D eigenvalue weighted by molar-refractivity contribution is 6.07. The fraction of sp³-hybridized carbons (Fsp3) is 0.353. The molecule has 0 radical (unpaired) electrons. The lowest BCUT2D eigenvalue weighted by Crippen LogP contribution is -2.37. The minimum absolute atomic E-state index is 0.234. The monoisotopic (exact) mass is 283 g/mol. The molecule has 2 aliphatic heterocycles. The minimum atomic E-state index is 0.234. The number of carbonyl (C=O) groups is 1. The Labute approximate surface area is 122 Å². The van der Waals surface area contributed by atoms with E-state index in [9.17, 15) is 9.90 Å². The first-order valence-electron chi connectivity index (χ1n) is 7.27. The van der Waals surface area contributed by atoms with Crippen LogP contribution in [0.15, 0.2) is 24.3 Å². The SMILES string of the molecule is Cc1cccc2c(O)cc(N3CC4CC3CO4)c(C=O)c12. The van der Waals surface area contributed by atoms with Crippen molar-refractivity contribution in [3.63, 3.8) is 0 Å². The Bertz CT molecular complexity index is 740. The van der Waals surface area contributed by atoms with Gasteiger partial charge in [0.2, 0.25) is 0 Å². The number of nitrogens with zero attached hydrogens (tertiary/aromatic N) is 1. The van der Waals surface area contributed by atoms with Crippen LogP contribution in [0.3, 0.4) is 0 Å². The first-order valence-corrected chi connectivity index (χ1v) is 7.27. The summed E-state index contributed by atoms with van der Waals surface area (Å²) in [5.74, 6) is 0.234. The van der Waals surface area contributed by atoms with Gasteiger partial charge in [-0.15, -0.1) is 0 Å². The van der Waals surface area contributed by atoms with E-state index in [0.29, 0.717) is 18.2 Å². The lowest BCUT2D eigenvalue weighted by Gasteiger charge is -2.30. The zero-order valence-electron chi connectivity index (χ0n) is 11.9. The molecule has 0 aliphatic carbocycles. The van der Waals surface area contributed by atoms with Crippen molar-refractivity contribution in [1.82, 2.24) is 0 Å². The molecule has 1 N–H and O–H groups in total. The first kappa shape index (κ1) is 12.7. The fourth-order valence-electron chi connectivity index (χ4n) is 3.70. The number of anilines is 1. The van der Waals surface area contributed by atoms with E-state index in [-0.39, 0.29) is 11.9 Å². The zero-order chi connectivity index (χ0) is 14.6. The van der Waals surface area contributed by atoms with E-state index in [1.54, 1.807) is 6.07 Å². The number of aryl methyl sites for hydroxylation is 1. The van der Waals surface area contributed by atoms with Gasteiger partial charge < -0.3 is 14.7 Å². The Hall–Kier alpha value is -2.07. The van der Waals surface area contributed by atoms with Crippen molar-refractivity contribution in [3.05, 3.63) is 35.4 Å². The van der Waals surface area contributed by atoms with Gasteiger partial charge in [-0.3, -0.25) is 4.79 Å². The Morgan fingerprint density at radius 1 is 1.43 bits per heavy atom. The van der Waals surface area contributed by atoms with Gasteiger partial charge in [0.1, 0.15) is 5.75 Å². The van der Waals surface area contributed by atoms with Crippen molar-refractivity contribution in [2.45, 2.75) is 25.5 Å². The molecule has 4 heteroatoms.